The first-order chi connectivity index (χ1) is 17.5. The lowest BCUT2D eigenvalue weighted by atomic mass is 10.1. The van der Waals surface area contributed by atoms with E-state index < -0.39 is 11.9 Å². The fourth-order valence-electron chi connectivity index (χ4n) is 3.49. The van der Waals surface area contributed by atoms with Gasteiger partial charge in [0.15, 0.2) is 0 Å². The van der Waals surface area contributed by atoms with Crippen molar-refractivity contribution in [3.8, 4) is 5.75 Å². The highest BCUT2D eigenvalue weighted by molar-refractivity contribution is 6.30. The van der Waals surface area contributed by atoms with Gasteiger partial charge in [0.2, 0.25) is 5.91 Å². The number of esters is 1. The quantitative estimate of drug-likeness (QED) is 0.0938. The number of ether oxygens (including phenoxy) is 1. The van der Waals surface area contributed by atoms with Gasteiger partial charge in [0.25, 0.3) is 5.91 Å². The van der Waals surface area contributed by atoms with Crippen LogP contribution in [0, 0.1) is 0 Å². The first kappa shape index (κ1) is 29.0. The molecule has 0 radical (unpaired) electrons. The van der Waals surface area contributed by atoms with Crippen molar-refractivity contribution in [1.29, 1.82) is 0 Å². The molecule has 0 spiro atoms. The normalized spacial score (nSPS) is 10.8. The number of hydrogen-bond donors (Lipinski definition) is 2. The van der Waals surface area contributed by atoms with E-state index in [-0.39, 0.29) is 12.5 Å². The lowest BCUT2D eigenvalue weighted by Crippen LogP contribution is -2.34. The van der Waals surface area contributed by atoms with Crippen LogP contribution in [-0.2, 0) is 9.59 Å². The summed E-state index contributed by atoms with van der Waals surface area (Å²) in [5.41, 5.74) is 3.44. The molecule has 36 heavy (non-hydrogen) atoms. The molecule has 7 nitrogen and oxygen atoms in total. The molecule has 194 valence electrons. The number of benzene rings is 2. The Balaban J connectivity index is 1.58. The summed E-state index contributed by atoms with van der Waals surface area (Å²) in [5, 5.41) is 6.96. The van der Waals surface area contributed by atoms with Gasteiger partial charge in [-0.2, -0.15) is 5.10 Å². The molecule has 0 heterocycles. The molecule has 2 aromatic rings. The van der Waals surface area contributed by atoms with E-state index in [1.54, 1.807) is 42.5 Å². The van der Waals surface area contributed by atoms with Crippen molar-refractivity contribution in [3.05, 3.63) is 64.7 Å². The van der Waals surface area contributed by atoms with Crippen molar-refractivity contribution in [2.75, 3.05) is 6.54 Å². The molecular weight excluding hydrogens is 478 g/mol. The van der Waals surface area contributed by atoms with Crippen LogP contribution in [0.2, 0.25) is 5.02 Å². The number of hydrazone groups is 1. The Hall–Kier alpha value is -3.19. The second kappa shape index (κ2) is 17.3. The summed E-state index contributed by atoms with van der Waals surface area (Å²) in [6, 6.07) is 13.2. The minimum atomic E-state index is -0.508. The number of carbonyl (C=O) groups is 3. The van der Waals surface area contributed by atoms with Crippen molar-refractivity contribution in [2.45, 2.75) is 71.1 Å². The average Bonchev–Trinajstić information content (AvgIpc) is 2.87. The predicted molar refractivity (Wildman–Crippen MR) is 143 cm³/mol. The molecule has 2 amide bonds. The lowest BCUT2D eigenvalue weighted by Gasteiger charge is -2.05. The summed E-state index contributed by atoms with van der Waals surface area (Å²) >= 11 is 5.90. The molecule has 0 aliphatic heterocycles. The zero-order chi connectivity index (χ0) is 26.0. The molecule has 0 fully saturated rings. The van der Waals surface area contributed by atoms with Crippen LogP contribution in [0.15, 0.2) is 53.6 Å². The van der Waals surface area contributed by atoms with Crippen molar-refractivity contribution >= 4 is 35.6 Å². The van der Waals surface area contributed by atoms with Gasteiger partial charge in [-0.25, -0.2) is 10.2 Å². The summed E-state index contributed by atoms with van der Waals surface area (Å²) in [4.78, 5) is 35.9. The Morgan fingerprint density at radius 1 is 0.889 bits per heavy atom. The Kier molecular flexibility index (Phi) is 13.9. The van der Waals surface area contributed by atoms with E-state index >= 15 is 0 Å². The zero-order valence-corrected chi connectivity index (χ0v) is 21.7. The van der Waals surface area contributed by atoms with Crippen LogP contribution in [0.1, 0.15) is 87.1 Å². The van der Waals surface area contributed by atoms with Crippen LogP contribution < -0.4 is 15.5 Å². The molecule has 8 heteroatoms. The maximum Gasteiger partial charge on any atom is 0.343 e. The van der Waals surface area contributed by atoms with E-state index in [0.29, 0.717) is 28.3 Å². The largest absolute Gasteiger partial charge is 0.423 e. The maximum atomic E-state index is 12.2. The van der Waals surface area contributed by atoms with Gasteiger partial charge in [0, 0.05) is 11.4 Å². The molecule has 0 aliphatic carbocycles. The fraction of sp³-hybridized carbons (Fsp3) is 0.429. The van der Waals surface area contributed by atoms with E-state index in [9.17, 15) is 14.4 Å². The van der Waals surface area contributed by atoms with Crippen molar-refractivity contribution in [3.63, 3.8) is 0 Å². The molecule has 0 aliphatic rings. The number of carbonyl (C=O) groups excluding carboxylic acids is 3. The van der Waals surface area contributed by atoms with Crippen molar-refractivity contribution in [1.82, 2.24) is 10.7 Å². The van der Waals surface area contributed by atoms with E-state index in [2.05, 4.69) is 22.8 Å². The van der Waals surface area contributed by atoms with Crippen LogP contribution in [-0.4, -0.2) is 30.5 Å². The summed E-state index contributed by atoms with van der Waals surface area (Å²) in [6.45, 7) is 2.10. The maximum absolute atomic E-state index is 12.2. The Morgan fingerprint density at radius 2 is 1.56 bits per heavy atom. The summed E-state index contributed by atoms with van der Waals surface area (Å²) in [7, 11) is 0. The van der Waals surface area contributed by atoms with Crippen LogP contribution in [0.3, 0.4) is 0 Å². The molecule has 2 N–H and O–H groups in total. The van der Waals surface area contributed by atoms with Crippen molar-refractivity contribution in [2.24, 2.45) is 5.10 Å². The van der Waals surface area contributed by atoms with Crippen LogP contribution in [0.5, 0.6) is 5.75 Å². The fourth-order valence-corrected chi connectivity index (χ4v) is 3.68. The minimum Gasteiger partial charge on any atom is -0.423 e. The predicted octanol–water partition coefficient (Wildman–Crippen LogP) is 6.05. The number of nitrogens with one attached hydrogen (secondary N) is 2. The Morgan fingerprint density at radius 3 is 2.22 bits per heavy atom. The van der Waals surface area contributed by atoms with Gasteiger partial charge in [-0.3, -0.25) is 9.59 Å². The van der Waals surface area contributed by atoms with E-state index in [1.165, 1.54) is 50.8 Å². The third-order valence-corrected chi connectivity index (χ3v) is 5.74. The number of nitrogens with zero attached hydrogens (tertiary/aromatic N) is 1. The van der Waals surface area contributed by atoms with E-state index in [0.717, 1.165) is 19.3 Å². The van der Waals surface area contributed by atoms with Gasteiger partial charge >= 0.3 is 5.97 Å². The third-order valence-electron chi connectivity index (χ3n) is 5.51. The van der Waals surface area contributed by atoms with Gasteiger partial charge in [-0.15, -0.1) is 0 Å². The van der Waals surface area contributed by atoms with E-state index in [4.69, 9.17) is 16.3 Å². The van der Waals surface area contributed by atoms with Gasteiger partial charge in [-0.05, 0) is 54.4 Å². The summed E-state index contributed by atoms with van der Waals surface area (Å²) in [6.07, 6.45) is 12.6. The molecule has 2 aromatic carbocycles. The highest BCUT2D eigenvalue weighted by atomic mass is 35.5. The zero-order valence-electron chi connectivity index (χ0n) is 20.9. The Labute approximate surface area is 218 Å². The van der Waals surface area contributed by atoms with Crippen LogP contribution in [0.25, 0.3) is 0 Å². The monoisotopic (exact) mass is 513 g/mol. The second-order valence-electron chi connectivity index (χ2n) is 8.62. The minimum absolute atomic E-state index is 0.119. The number of hydrogen-bond acceptors (Lipinski definition) is 5. The molecular formula is C28H36ClN3O4. The topological polar surface area (TPSA) is 96.9 Å². The molecule has 0 saturated carbocycles. The highest BCUT2D eigenvalue weighted by Gasteiger charge is 2.09. The van der Waals surface area contributed by atoms with Crippen LogP contribution in [0.4, 0.5) is 0 Å². The highest BCUT2D eigenvalue weighted by Crippen LogP contribution is 2.16. The molecule has 2 rings (SSSR count). The molecule has 0 atom stereocenters. The molecule has 0 bridgehead atoms. The average molecular weight is 514 g/mol. The summed E-state index contributed by atoms with van der Waals surface area (Å²) < 4.78 is 5.32. The molecule has 0 aromatic heterocycles. The smallest absolute Gasteiger partial charge is 0.343 e. The van der Waals surface area contributed by atoms with Crippen molar-refractivity contribution < 1.29 is 19.1 Å². The van der Waals surface area contributed by atoms with E-state index in [1.807, 2.05) is 0 Å². The van der Waals surface area contributed by atoms with Gasteiger partial charge in [0.05, 0.1) is 18.3 Å². The van der Waals surface area contributed by atoms with Crippen LogP contribution >= 0.6 is 11.6 Å². The number of amides is 2. The third kappa shape index (κ3) is 12.5. The molecule has 0 saturated heterocycles. The lowest BCUT2D eigenvalue weighted by molar-refractivity contribution is -0.126. The number of unbranched alkanes of at least 4 members (excludes halogenated alkanes) is 8. The second-order valence-corrected chi connectivity index (χ2v) is 9.05. The SMILES string of the molecule is CCCCCCCCCCCC(=O)NCC(=O)NN=Cc1ccc(OC(=O)c2cccc(Cl)c2)cc1. The van der Waals surface area contributed by atoms with Gasteiger partial charge < -0.3 is 10.1 Å². The standard InChI is InChI=1S/C28H36ClN3O4/c1-2-3-4-5-6-7-8-9-10-14-26(33)30-21-27(34)32-31-20-22-15-17-25(18-16-22)36-28(35)23-12-11-13-24(29)19-23/h11-13,15-20H,2-10,14,21H2,1H3,(H,30,33)(H,32,34). The number of halogens is 1. The van der Waals surface area contributed by atoms with Gasteiger partial charge in [-0.1, -0.05) is 76.0 Å². The van der Waals surface area contributed by atoms with Gasteiger partial charge in [0.1, 0.15) is 5.75 Å². The first-order valence-electron chi connectivity index (χ1n) is 12.6. The first-order valence-corrected chi connectivity index (χ1v) is 13.0. The number of rotatable bonds is 16. The molecule has 0 unspecified atom stereocenters. The summed E-state index contributed by atoms with van der Waals surface area (Å²) in [5.74, 6) is -0.666. The Bertz CT molecular complexity index is 993.